The van der Waals surface area contributed by atoms with E-state index in [0.29, 0.717) is 23.2 Å². The zero-order valence-electron chi connectivity index (χ0n) is 16.4. The molecular formula is C21H24N4O2S. The third kappa shape index (κ3) is 4.80. The first kappa shape index (κ1) is 19.7. The number of nitrogens with zero attached hydrogens (tertiary/aromatic N) is 2. The monoisotopic (exact) mass is 396 g/mol. The molecule has 1 aromatic heterocycles. The van der Waals surface area contributed by atoms with Gasteiger partial charge in [0.1, 0.15) is 0 Å². The Kier molecular flexibility index (Phi) is 6.16. The second kappa shape index (κ2) is 8.75. The van der Waals surface area contributed by atoms with Gasteiger partial charge in [0.25, 0.3) is 0 Å². The maximum absolute atomic E-state index is 5.44. The van der Waals surface area contributed by atoms with Crippen LogP contribution in [-0.2, 0) is 6.54 Å². The van der Waals surface area contributed by atoms with Crippen LogP contribution in [0.1, 0.15) is 17.0 Å². The van der Waals surface area contributed by atoms with E-state index in [1.807, 2.05) is 41.9 Å². The van der Waals surface area contributed by atoms with Crippen LogP contribution >= 0.6 is 12.2 Å². The van der Waals surface area contributed by atoms with E-state index in [-0.39, 0.29) is 0 Å². The van der Waals surface area contributed by atoms with Gasteiger partial charge in [0, 0.05) is 23.1 Å². The Bertz CT molecular complexity index is 984. The fraction of sp³-hybridized carbons (Fsp3) is 0.238. The molecule has 0 amide bonds. The zero-order valence-corrected chi connectivity index (χ0v) is 17.3. The summed E-state index contributed by atoms with van der Waals surface area (Å²) in [5, 5.41) is 11.4. The number of benzene rings is 2. The Labute approximate surface area is 170 Å². The lowest BCUT2D eigenvalue weighted by molar-refractivity contribution is 0.355. The van der Waals surface area contributed by atoms with Gasteiger partial charge in [-0.05, 0) is 62.0 Å². The van der Waals surface area contributed by atoms with Gasteiger partial charge >= 0.3 is 0 Å². The second-order valence-corrected chi connectivity index (χ2v) is 6.84. The van der Waals surface area contributed by atoms with Crippen molar-refractivity contribution in [2.24, 2.45) is 0 Å². The molecule has 2 N–H and O–H groups in total. The van der Waals surface area contributed by atoms with Crippen LogP contribution in [0.15, 0.2) is 48.5 Å². The molecular weight excluding hydrogens is 372 g/mol. The minimum absolute atomic E-state index is 0.496. The van der Waals surface area contributed by atoms with E-state index in [1.165, 1.54) is 0 Å². The number of aryl methyl sites for hydroxylation is 2. The molecule has 0 saturated heterocycles. The van der Waals surface area contributed by atoms with Crippen LogP contribution in [0.2, 0.25) is 0 Å². The minimum Gasteiger partial charge on any atom is -0.493 e. The van der Waals surface area contributed by atoms with Crippen LogP contribution in [0.25, 0.3) is 0 Å². The van der Waals surface area contributed by atoms with Crippen molar-refractivity contribution in [1.82, 2.24) is 9.78 Å². The number of methoxy groups -OCH3 is 2. The normalized spacial score (nSPS) is 10.4. The first-order chi connectivity index (χ1) is 13.5. The van der Waals surface area contributed by atoms with Crippen molar-refractivity contribution in [1.29, 1.82) is 0 Å². The molecule has 0 fully saturated rings. The summed E-state index contributed by atoms with van der Waals surface area (Å²) in [6.07, 6.45) is 0. The summed E-state index contributed by atoms with van der Waals surface area (Å²) in [5.74, 6) is 1.31. The van der Waals surface area contributed by atoms with Crippen LogP contribution in [0.4, 0.5) is 11.4 Å². The number of anilines is 2. The predicted molar refractivity (Wildman–Crippen MR) is 117 cm³/mol. The topological polar surface area (TPSA) is 60.3 Å². The zero-order chi connectivity index (χ0) is 20.1. The lowest BCUT2D eigenvalue weighted by atomic mass is 10.2. The molecule has 0 aliphatic carbocycles. The Balaban J connectivity index is 1.66. The maximum atomic E-state index is 5.44. The maximum Gasteiger partial charge on any atom is 0.175 e. The van der Waals surface area contributed by atoms with Gasteiger partial charge < -0.3 is 20.1 Å². The number of nitrogens with one attached hydrogen (secondary N) is 2. The minimum atomic E-state index is 0.496. The van der Waals surface area contributed by atoms with E-state index < -0.39 is 0 Å². The van der Waals surface area contributed by atoms with Gasteiger partial charge in [0.05, 0.1) is 26.5 Å². The first-order valence-corrected chi connectivity index (χ1v) is 9.29. The summed E-state index contributed by atoms with van der Waals surface area (Å²) in [6, 6.07) is 15.8. The number of hydrogen-bond donors (Lipinski definition) is 2. The quantitative estimate of drug-likeness (QED) is 0.603. The number of ether oxygens (including phenoxy) is 2. The molecule has 0 unspecified atom stereocenters. The lowest BCUT2D eigenvalue weighted by Gasteiger charge is -2.14. The molecule has 0 bridgehead atoms. The summed E-state index contributed by atoms with van der Waals surface area (Å²) in [5.41, 5.74) is 5.03. The Morgan fingerprint density at radius 2 is 1.68 bits per heavy atom. The highest BCUT2D eigenvalue weighted by Gasteiger charge is 2.07. The molecule has 0 aliphatic rings. The van der Waals surface area contributed by atoms with E-state index in [9.17, 15) is 0 Å². The van der Waals surface area contributed by atoms with Crippen molar-refractivity contribution in [2.45, 2.75) is 20.4 Å². The molecule has 6 nitrogen and oxygen atoms in total. The third-order valence-corrected chi connectivity index (χ3v) is 4.47. The van der Waals surface area contributed by atoms with E-state index in [0.717, 1.165) is 28.3 Å². The van der Waals surface area contributed by atoms with Crippen molar-refractivity contribution in [3.8, 4) is 11.5 Å². The van der Waals surface area contributed by atoms with Gasteiger partial charge in [-0.2, -0.15) is 5.10 Å². The van der Waals surface area contributed by atoms with E-state index in [2.05, 4.69) is 40.9 Å². The van der Waals surface area contributed by atoms with E-state index in [1.54, 1.807) is 14.2 Å². The Morgan fingerprint density at radius 3 is 2.32 bits per heavy atom. The molecule has 0 aliphatic heterocycles. The highest BCUT2D eigenvalue weighted by atomic mass is 32.1. The molecule has 3 aromatic rings. The highest BCUT2D eigenvalue weighted by molar-refractivity contribution is 7.80. The van der Waals surface area contributed by atoms with Gasteiger partial charge in [0.2, 0.25) is 0 Å². The predicted octanol–water partition coefficient (Wildman–Crippen LogP) is 4.37. The Hall–Kier alpha value is -3.06. The molecule has 3 rings (SSSR count). The van der Waals surface area contributed by atoms with Crippen molar-refractivity contribution < 1.29 is 9.47 Å². The summed E-state index contributed by atoms with van der Waals surface area (Å²) < 4.78 is 12.6. The molecule has 28 heavy (non-hydrogen) atoms. The number of hydrogen-bond acceptors (Lipinski definition) is 4. The summed E-state index contributed by atoms with van der Waals surface area (Å²) in [4.78, 5) is 0. The molecule has 7 heteroatoms. The molecule has 146 valence electrons. The van der Waals surface area contributed by atoms with E-state index >= 15 is 0 Å². The third-order valence-electron chi connectivity index (χ3n) is 4.26. The van der Waals surface area contributed by atoms with Crippen molar-refractivity contribution >= 4 is 28.7 Å². The molecule has 2 aromatic carbocycles. The van der Waals surface area contributed by atoms with Crippen LogP contribution in [0.3, 0.4) is 0 Å². The van der Waals surface area contributed by atoms with E-state index in [4.69, 9.17) is 21.7 Å². The average Bonchev–Trinajstić information content (AvgIpc) is 2.98. The van der Waals surface area contributed by atoms with Gasteiger partial charge in [-0.3, -0.25) is 4.68 Å². The summed E-state index contributed by atoms with van der Waals surface area (Å²) >= 11 is 5.44. The average molecular weight is 397 g/mol. The lowest BCUT2D eigenvalue weighted by Crippen LogP contribution is -2.19. The summed E-state index contributed by atoms with van der Waals surface area (Å²) in [7, 11) is 3.21. The van der Waals surface area contributed by atoms with Crippen molar-refractivity contribution in [3.63, 3.8) is 0 Å². The molecule has 0 radical (unpaired) electrons. The molecule has 0 saturated carbocycles. The molecule has 0 spiro atoms. The van der Waals surface area contributed by atoms with Crippen LogP contribution in [-0.4, -0.2) is 29.1 Å². The molecule has 0 atom stereocenters. The Morgan fingerprint density at radius 1 is 0.964 bits per heavy atom. The van der Waals surface area contributed by atoms with Crippen LogP contribution in [0.5, 0.6) is 11.5 Å². The largest absolute Gasteiger partial charge is 0.493 e. The fourth-order valence-electron chi connectivity index (χ4n) is 2.96. The van der Waals surface area contributed by atoms with Crippen molar-refractivity contribution in [3.05, 3.63) is 65.5 Å². The second-order valence-electron chi connectivity index (χ2n) is 6.43. The number of aromatic nitrogens is 2. The van der Waals surface area contributed by atoms with Gasteiger partial charge in [0.15, 0.2) is 16.6 Å². The van der Waals surface area contributed by atoms with Crippen LogP contribution in [0, 0.1) is 13.8 Å². The van der Waals surface area contributed by atoms with Crippen LogP contribution < -0.4 is 20.1 Å². The molecule has 1 heterocycles. The van der Waals surface area contributed by atoms with Gasteiger partial charge in [-0.1, -0.05) is 12.1 Å². The number of thiocarbonyl (C=S) groups is 1. The fourth-order valence-corrected chi connectivity index (χ4v) is 3.20. The SMILES string of the molecule is COc1ccc(NC(=S)Nc2cccc(Cn3nc(C)cc3C)c2)cc1OC. The standard InChI is InChI=1S/C21H24N4O2S/c1-14-10-15(2)25(24-14)13-16-6-5-7-17(11-16)22-21(28)23-18-8-9-19(26-3)20(12-18)27-4/h5-12H,13H2,1-4H3,(H2,22,23,28). The van der Waals surface area contributed by atoms with Crippen molar-refractivity contribution in [2.75, 3.05) is 24.9 Å². The summed E-state index contributed by atoms with van der Waals surface area (Å²) in [6.45, 7) is 4.77. The number of rotatable bonds is 6. The first-order valence-electron chi connectivity index (χ1n) is 8.88. The van der Waals surface area contributed by atoms with Gasteiger partial charge in [-0.15, -0.1) is 0 Å². The smallest absolute Gasteiger partial charge is 0.175 e. The van der Waals surface area contributed by atoms with Gasteiger partial charge in [-0.25, -0.2) is 0 Å². The highest BCUT2D eigenvalue weighted by Crippen LogP contribution is 2.29.